The SMILES string of the molecule is CN(C(=O)c1cn[nH]c1)C1CCCCC1. The highest BCUT2D eigenvalue weighted by Gasteiger charge is 2.23. The van der Waals surface area contributed by atoms with Gasteiger partial charge in [-0.2, -0.15) is 5.10 Å². The molecule has 1 aliphatic carbocycles. The molecule has 0 atom stereocenters. The fourth-order valence-electron chi connectivity index (χ4n) is 2.21. The Bertz CT molecular complexity index is 315. The third-order valence-electron chi connectivity index (χ3n) is 3.19. The summed E-state index contributed by atoms with van der Waals surface area (Å²) in [6.45, 7) is 0. The Morgan fingerprint density at radius 2 is 2.20 bits per heavy atom. The van der Waals surface area contributed by atoms with Crippen LogP contribution in [-0.4, -0.2) is 34.1 Å². The molecular weight excluding hydrogens is 190 g/mol. The van der Waals surface area contributed by atoms with Crippen molar-refractivity contribution in [1.82, 2.24) is 15.1 Å². The van der Waals surface area contributed by atoms with E-state index < -0.39 is 0 Å². The van der Waals surface area contributed by atoms with Gasteiger partial charge in [-0.1, -0.05) is 19.3 Å². The molecule has 1 heterocycles. The average molecular weight is 207 g/mol. The Labute approximate surface area is 89.7 Å². The van der Waals surface area contributed by atoms with Crippen molar-refractivity contribution in [2.75, 3.05) is 7.05 Å². The number of aromatic amines is 1. The molecule has 15 heavy (non-hydrogen) atoms. The predicted molar refractivity (Wildman–Crippen MR) is 57.6 cm³/mol. The first kappa shape index (κ1) is 10.2. The smallest absolute Gasteiger partial charge is 0.257 e. The van der Waals surface area contributed by atoms with E-state index in [-0.39, 0.29) is 5.91 Å². The normalized spacial score (nSPS) is 17.7. The standard InChI is InChI=1S/C11H17N3O/c1-14(10-5-3-2-4-6-10)11(15)9-7-12-13-8-9/h7-8,10H,2-6H2,1H3,(H,12,13). The fourth-order valence-corrected chi connectivity index (χ4v) is 2.21. The van der Waals surface area contributed by atoms with Gasteiger partial charge in [-0.25, -0.2) is 0 Å². The molecule has 4 nitrogen and oxygen atoms in total. The van der Waals surface area contributed by atoms with Crippen molar-refractivity contribution in [3.05, 3.63) is 18.0 Å². The quantitative estimate of drug-likeness (QED) is 0.804. The molecule has 1 saturated carbocycles. The van der Waals surface area contributed by atoms with E-state index in [4.69, 9.17) is 0 Å². The van der Waals surface area contributed by atoms with Gasteiger partial charge >= 0.3 is 0 Å². The molecule has 1 aromatic rings. The maximum Gasteiger partial charge on any atom is 0.257 e. The Morgan fingerprint density at radius 3 is 2.80 bits per heavy atom. The Kier molecular flexibility index (Phi) is 3.04. The molecule has 82 valence electrons. The van der Waals surface area contributed by atoms with E-state index >= 15 is 0 Å². The van der Waals surface area contributed by atoms with Gasteiger partial charge in [-0.3, -0.25) is 9.89 Å². The number of amides is 1. The molecule has 1 aromatic heterocycles. The van der Waals surface area contributed by atoms with Crippen molar-refractivity contribution in [3.63, 3.8) is 0 Å². The van der Waals surface area contributed by atoms with Crippen LogP contribution in [0.5, 0.6) is 0 Å². The topological polar surface area (TPSA) is 49.0 Å². The number of hydrogen-bond donors (Lipinski definition) is 1. The first-order valence-electron chi connectivity index (χ1n) is 5.55. The zero-order valence-electron chi connectivity index (χ0n) is 9.07. The molecule has 1 amide bonds. The summed E-state index contributed by atoms with van der Waals surface area (Å²) < 4.78 is 0. The number of carbonyl (C=O) groups is 1. The van der Waals surface area contributed by atoms with Crippen LogP contribution < -0.4 is 0 Å². The molecule has 1 N–H and O–H groups in total. The van der Waals surface area contributed by atoms with Crippen LogP contribution >= 0.6 is 0 Å². The summed E-state index contributed by atoms with van der Waals surface area (Å²) in [4.78, 5) is 13.8. The van der Waals surface area contributed by atoms with Crippen LogP contribution in [0.1, 0.15) is 42.5 Å². The van der Waals surface area contributed by atoms with Gasteiger partial charge in [0.15, 0.2) is 0 Å². The summed E-state index contributed by atoms with van der Waals surface area (Å²) in [5, 5.41) is 6.47. The van der Waals surface area contributed by atoms with Gasteiger partial charge in [-0.05, 0) is 12.8 Å². The van der Waals surface area contributed by atoms with Crippen LogP contribution in [0.3, 0.4) is 0 Å². The summed E-state index contributed by atoms with van der Waals surface area (Å²) in [5.41, 5.74) is 0.656. The van der Waals surface area contributed by atoms with Crippen molar-refractivity contribution in [1.29, 1.82) is 0 Å². The van der Waals surface area contributed by atoms with Crippen molar-refractivity contribution in [2.24, 2.45) is 0 Å². The van der Waals surface area contributed by atoms with Crippen molar-refractivity contribution >= 4 is 5.91 Å². The lowest BCUT2D eigenvalue weighted by molar-refractivity contribution is 0.0696. The molecule has 0 unspecified atom stereocenters. The van der Waals surface area contributed by atoms with E-state index in [9.17, 15) is 4.79 Å². The van der Waals surface area contributed by atoms with Gasteiger partial charge in [0.05, 0.1) is 11.8 Å². The van der Waals surface area contributed by atoms with Gasteiger partial charge < -0.3 is 4.90 Å². The van der Waals surface area contributed by atoms with E-state index in [0.717, 1.165) is 12.8 Å². The number of nitrogens with zero attached hydrogens (tertiary/aromatic N) is 2. The van der Waals surface area contributed by atoms with Crippen LogP contribution in [-0.2, 0) is 0 Å². The molecule has 1 fully saturated rings. The molecule has 2 rings (SSSR count). The molecule has 0 radical (unpaired) electrons. The number of nitrogens with one attached hydrogen (secondary N) is 1. The Morgan fingerprint density at radius 1 is 1.47 bits per heavy atom. The van der Waals surface area contributed by atoms with Crippen LogP contribution in [0.25, 0.3) is 0 Å². The summed E-state index contributed by atoms with van der Waals surface area (Å²) >= 11 is 0. The predicted octanol–water partition coefficient (Wildman–Crippen LogP) is 1.81. The van der Waals surface area contributed by atoms with Gasteiger partial charge in [-0.15, -0.1) is 0 Å². The van der Waals surface area contributed by atoms with Crippen molar-refractivity contribution < 1.29 is 4.79 Å². The third-order valence-corrected chi connectivity index (χ3v) is 3.19. The third kappa shape index (κ3) is 2.19. The second-order valence-electron chi connectivity index (χ2n) is 4.19. The van der Waals surface area contributed by atoms with E-state index in [1.807, 2.05) is 11.9 Å². The van der Waals surface area contributed by atoms with Crippen LogP contribution in [0.2, 0.25) is 0 Å². The van der Waals surface area contributed by atoms with Crippen LogP contribution in [0.15, 0.2) is 12.4 Å². The molecule has 1 aliphatic rings. The van der Waals surface area contributed by atoms with Crippen molar-refractivity contribution in [3.8, 4) is 0 Å². The minimum absolute atomic E-state index is 0.0793. The maximum absolute atomic E-state index is 12.0. The summed E-state index contributed by atoms with van der Waals surface area (Å²) in [6.07, 6.45) is 9.31. The highest BCUT2D eigenvalue weighted by molar-refractivity contribution is 5.93. The number of H-pyrrole nitrogens is 1. The highest BCUT2D eigenvalue weighted by atomic mass is 16.2. The molecule has 0 bridgehead atoms. The number of rotatable bonds is 2. The number of carbonyl (C=O) groups excluding carboxylic acids is 1. The first-order chi connectivity index (χ1) is 7.29. The molecule has 0 aliphatic heterocycles. The van der Waals surface area contributed by atoms with E-state index in [1.54, 1.807) is 12.4 Å². The van der Waals surface area contributed by atoms with E-state index in [2.05, 4.69) is 10.2 Å². The van der Waals surface area contributed by atoms with E-state index in [1.165, 1.54) is 19.3 Å². The summed E-state index contributed by atoms with van der Waals surface area (Å²) in [6, 6.07) is 0.418. The maximum atomic E-state index is 12.0. The summed E-state index contributed by atoms with van der Waals surface area (Å²) in [7, 11) is 1.89. The number of hydrogen-bond acceptors (Lipinski definition) is 2. The molecule has 4 heteroatoms. The fraction of sp³-hybridized carbons (Fsp3) is 0.636. The lowest BCUT2D eigenvalue weighted by atomic mass is 9.94. The number of aromatic nitrogens is 2. The highest BCUT2D eigenvalue weighted by Crippen LogP contribution is 2.22. The second kappa shape index (κ2) is 4.47. The summed E-state index contributed by atoms with van der Waals surface area (Å²) in [5.74, 6) is 0.0793. The van der Waals surface area contributed by atoms with E-state index in [0.29, 0.717) is 11.6 Å². The van der Waals surface area contributed by atoms with Gasteiger partial charge in [0.25, 0.3) is 5.91 Å². The minimum atomic E-state index is 0.0793. The van der Waals surface area contributed by atoms with Crippen LogP contribution in [0.4, 0.5) is 0 Å². The second-order valence-corrected chi connectivity index (χ2v) is 4.19. The largest absolute Gasteiger partial charge is 0.339 e. The van der Waals surface area contributed by atoms with Gasteiger partial charge in [0, 0.05) is 19.3 Å². The molecule has 0 spiro atoms. The average Bonchev–Trinajstić information content (AvgIpc) is 2.82. The van der Waals surface area contributed by atoms with Gasteiger partial charge in [0.2, 0.25) is 0 Å². The zero-order valence-corrected chi connectivity index (χ0v) is 9.07. The van der Waals surface area contributed by atoms with Gasteiger partial charge in [0.1, 0.15) is 0 Å². The first-order valence-corrected chi connectivity index (χ1v) is 5.55. The lowest BCUT2D eigenvalue weighted by Gasteiger charge is -2.30. The Hall–Kier alpha value is -1.32. The zero-order chi connectivity index (χ0) is 10.7. The molecular formula is C11H17N3O. The lowest BCUT2D eigenvalue weighted by Crippen LogP contribution is -2.38. The van der Waals surface area contributed by atoms with Crippen molar-refractivity contribution in [2.45, 2.75) is 38.1 Å². The molecule has 0 aromatic carbocycles. The minimum Gasteiger partial charge on any atom is -0.339 e. The molecule has 0 saturated heterocycles. The van der Waals surface area contributed by atoms with Crippen LogP contribution in [0, 0.1) is 0 Å². The monoisotopic (exact) mass is 207 g/mol. The Balaban J connectivity index is 2.00.